The van der Waals surface area contributed by atoms with E-state index in [0.29, 0.717) is 5.84 Å². The monoisotopic (exact) mass is 245 g/mol. The summed E-state index contributed by atoms with van der Waals surface area (Å²) in [6, 6.07) is 7.91. The Morgan fingerprint density at radius 2 is 2.06 bits per heavy atom. The molecule has 1 rings (SSSR count). The lowest BCUT2D eigenvalue weighted by molar-refractivity contribution is -0.00259. The van der Waals surface area contributed by atoms with Gasteiger partial charge in [0.05, 0.1) is 0 Å². The molecular weight excluding hydrogens is 226 g/mol. The van der Waals surface area contributed by atoms with Crippen molar-refractivity contribution in [2.24, 2.45) is 9.98 Å². The highest BCUT2D eigenvalue weighted by atomic mass is 16.7. The van der Waals surface area contributed by atoms with Gasteiger partial charge in [-0.15, -0.1) is 0 Å². The van der Waals surface area contributed by atoms with Crippen molar-refractivity contribution in [1.29, 1.82) is 0 Å². The van der Waals surface area contributed by atoms with Crippen molar-refractivity contribution >= 4 is 12.6 Å². The highest BCUT2D eigenvalue weighted by molar-refractivity contribution is 6.01. The standard InChI is InChI=1S/C14H19N3O/c1-5-10-17-14(15-3)13-8-6-12(7-9-13)11(2)18-16-4/h5-11,16H,3H2,1-2,4H3/b10-5-,17-14?. The summed E-state index contributed by atoms with van der Waals surface area (Å²) in [4.78, 5) is 13.4. The van der Waals surface area contributed by atoms with E-state index >= 15 is 0 Å². The van der Waals surface area contributed by atoms with Crippen LogP contribution in [-0.4, -0.2) is 19.6 Å². The molecule has 0 spiro atoms. The van der Waals surface area contributed by atoms with Gasteiger partial charge in [0.2, 0.25) is 0 Å². The van der Waals surface area contributed by atoms with Gasteiger partial charge in [-0.1, -0.05) is 30.3 Å². The van der Waals surface area contributed by atoms with Crippen molar-refractivity contribution in [2.75, 3.05) is 7.05 Å². The van der Waals surface area contributed by atoms with Crippen molar-refractivity contribution in [3.8, 4) is 0 Å². The molecule has 1 unspecified atom stereocenters. The van der Waals surface area contributed by atoms with Gasteiger partial charge < -0.3 is 0 Å². The first-order valence-electron chi connectivity index (χ1n) is 5.81. The van der Waals surface area contributed by atoms with E-state index in [1.54, 1.807) is 13.2 Å². The summed E-state index contributed by atoms with van der Waals surface area (Å²) in [5.41, 5.74) is 4.70. The Bertz CT molecular complexity index is 435. The Labute approximate surface area is 108 Å². The molecule has 1 N–H and O–H groups in total. The van der Waals surface area contributed by atoms with Crippen molar-refractivity contribution in [3.63, 3.8) is 0 Å². The maximum Gasteiger partial charge on any atom is 0.158 e. The van der Waals surface area contributed by atoms with Crippen LogP contribution >= 0.6 is 0 Å². The number of rotatable bonds is 5. The summed E-state index contributed by atoms with van der Waals surface area (Å²) in [5.74, 6) is 0.613. The Hall–Kier alpha value is -1.78. The molecule has 4 heteroatoms. The van der Waals surface area contributed by atoms with E-state index in [0.717, 1.165) is 11.1 Å². The first-order chi connectivity index (χ1) is 8.72. The van der Waals surface area contributed by atoms with E-state index < -0.39 is 0 Å². The zero-order valence-electron chi connectivity index (χ0n) is 11.1. The molecule has 0 fully saturated rings. The SMILES string of the molecule is C=NC(=N/C=C\C)c1ccc(C(C)ONC)cc1. The topological polar surface area (TPSA) is 46.0 Å². The number of nitrogens with zero attached hydrogens (tertiary/aromatic N) is 2. The molecule has 0 aromatic heterocycles. The molecule has 0 aliphatic rings. The van der Waals surface area contributed by atoms with Gasteiger partial charge in [-0.3, -0.25) is 4.84 Å². The van der Waals surface area contributed by atoms with Crippen molar-refractivity contribution < 1.29 is 4.84 Å². The molecule has 18 heavy (non-hydrogen) atoms. The maximum atomic E-state index is 5.29. The minimum atomic E-state index is -0.00309. The third-order valence-electron chi connectivity index (χ3n) is 2.43. The van der Waals surface area contributed by atoms with Crippen LogP contribution in [0.15, 0.2) is 46.5 Å². The fourth-order valence-corrected chi connectivity index (χ4v) is 1.50. The quantitative estimate of drug-likeness (QED) is 0.492. The smallest absolute Gasteiger partial charge is 0.158 e. The van der Waals surface area contributed by atoms with Crippen LogP contribution in [-0.2, 0) is 4.84 Å². The van der Waals surface area contributed by atoms with Crippen LogP contribution in [0.1, 0.15) is 31.1 Å². The second kappa shape index (κ2) is 7.53. The number of benzene rings is 1. The molecule has 4 nitrogen and oxygen atoms in total. The fraction of sp³-hybridized carbons (Fsp3) is 0.286. The molecule has 0 heterocycles. The summed E-state index contributed by atoms with van der Waals surface area (Å²) in [7, 11) is 1.74. The van der Waals surface area contributed by atoms with E-state index in [2.05, 4.69) is 22.2 Å². The van der Waals surface area contributed by atoms with Gasteiger partial charge >= 0.3 is 0 Å². The van der Waals surface area contributed by atoms with Crippen LogP contribution in [0.5, 0.6) is 0 Å². The van der Waals surface area contributed by atoms with Gasteiger partial charge in [-0.25, -0.2) is 15.5 Å². The van der Waals surface area contributed by atoms with Gasteiger partial charge in [-0.05, 0) is 26.1 Å². The van der Waals surface area contributed by atoms with Gasteiger partial charge in [0.1, 0.15) is 6.10 Å². The minimum absolute atomic E-state index is 0.00309. The predicted molar refractivity (Wildman–Crippen MR) is 75.9 cm³/mol. The molecular formula is C14H19N3O. The normalized spacial score (nSPS) is 13.8. The molecule has 0 radical (unpaired) electrons. The third-order valence-corrected chi connectivity index (χ3v) is 2.43. The molecule has 1 aromatic carbocycles. The highest BCUT2D eigenvalue weighted by Gasteiger charge is 2.06. The molecule has 0 amide bonds. The molecule has 0 saturated heterocycles. The summed E-state index contributed by atoms with van der Waals surface area (Å²) in [6.45, 7) is 7.41. The van der Waals surface area contributed by atoms with Gasteiger partial charge in [0.25, 0.3) is 0 Å². The second-order valence-electron chi connectivity index (χ2n) is 3.68. The van der Waals surface area contributed by atoms with Crippen molar-refractivity contribution in [2.45, 2.75) is 20.0 Å². The van der Waals surface area contributed by atoms with Crippen molar-refractivity contribution in [1.82, 2.24) is 5.48 Å². The summed E-state index contributed by atoms with van der Waals surface area (Å²) >= 11 is 0. The van der Waals surface area contributed by atoms with Crippen LogP contribution in [0.4, 0.5) is 0 Å². The van der Waals surface area contributed by atoms with E-state index in [1.165, 1.54) is 0 Å². The second-order valence-corrected chi connectivity index (χ2v) is 3.68. The largest absolute Gasteiger partial charge is 0.294 e. The number of allylic oxidation sites excluding steroid dienone is 1. The Kier molecular flexibility index (Phi) is 5.97. The maximum absolute atomic E-state index is 5.29. The third kappa shape index (κ3) is 3.91. The number of hydrogen-bond acceptors (Lipinski definition) is 3. The number of hydroxylamine groups is 1. The van der Waals surface area contributed by atoms with Crippen LogP contribution in [0.25, 0.3) is 0 Å². The molecule has 0 bridgehead atoms. The average molecular weight is 245 g/mol. The molecule has 1 atom stereocenters. The van der Waals surface area contributed by atoms with E-state index in [4.69, 9.17) is 4.84 Å². The van der Waals surface area contributed by atoms with Gasteiger partial charge in [0, 0.05) is 18.8 Å². The van der Waals surface area contributed by atoms with Crippen LogP contribution in [0.3, 0.4) is 0 Å². The first-order valence-corrected chi connectivity index (χ1v) is 5.81. The van der Waals surface area contributed by atoms with Crippen LogP contribution in [0, 0.1) is 0 Å². The number of nitrogens with one attached hydrogen (secondary N) is 1. The lowest BCUT2D eigenvalue weighted by Crippen LogP contribution is -2.11. The van der Waals surface area contributed by atoms with Crippen LogP contribution < -0.4 is 5.48 Å². The number of amidine groups is 1. The first kappa shape index (κ1) is 14.3. The van der Waals surface area contributed by atoms with E-state index in [1.807, 2.05) is 44.2 Å². The molecule has 96 valence electrons. The highest BCUT2D eigenvalue weighted by Crippen LogP contribution is 2.16. The number of hydrogen-bond donors (Lipinski definition) is 1. The Morgan fingerprint density at radius 1 is 1.39 bits per heavy atom. The molecule has 1 aromatic rings. The molecule has 0 aliphatic carbocycles. The van der Waals surface area contributed by atoms with Gasteiger partial charge in [0.15, 0.2) is 5.84 Å². The van der Waals surface area contributed by atoms with E-state index in [9.17, 15) is 0 Å². The number of aliphatic imine (C=N–C) groups is 2. The fourth-order valence-electron chi connectivity index (χ4n) is 1.50. The molecule has 0 aliphatic heterocycles. The Morgan fingerprint density at radius 3 is 2.56 bits per heavy atom. The predicted octanol–water partition coefficient (Wildman–Crippen LogP) is 2.88. The van der Waals surface area contributed by atoms with Crippen LogP contribution in [0.2, 0.25) is 0 Å². The summed E-state index contributed by atoms with van der Waals surface area (Å²) in [6.07, 6.45) is 3.55. The van der Waals surface area contributed by atoms with Crippen molar-refractivity contribution in [3.05, 3.63) is 47.7 Å². The summed E-state index contributed by atoms with van der Waals surface area (Å²) in [5, 5.41) is 0. The summed E-state index contributed by atoms with van der Waals surface area (Å²) < 4.78 is 0. The Balaban J connectivity index is 2.90. The minimum Gasteiger partial charge on any atom is -0.294 e. The van der Waals surface area contributed by atoms with E-state index in [-0.39, 0.29) is 6.10 Å². The lowest BCUT2D eigenvalue weighted by Gasteiger charge is -2.11. The average Bonchev–Trinajstić information content (AvgIpc) is 2.40. The lowest BCUT2D eigenvalue weighted by atomic mass is 10.1. The van der Waals surface area contributed by atoms with Gasteiger partial charge in [-0.2, -0.15) is 0 Å². The zero-order valence-corrected chi connectivity index (χ0v) is 11.1. The molecule has 0 saturated carbocycles. The zero-order chi connectivity index (χ0) is 13.4.